The smallest absolute Gasteiger partial charge is 0.309 e. The van der Waals surface area contributed by atoms with E-state index in [1.807, 2.05) is 56.4 Å². The molecule has 5 rings (SSSR count). The summed E-state index contributed by atoms with van der Waals surface area (Å²) in [6, 6.07) is 18.1. The first-order valence-electron chi connectivity index (χ1n) is 12.7. The predicted molar refractivity (Wildman–Crippen MR) is 141 cm³/mol. The maximum atomic E-state index is 13.0. The third-order valence-electron chi connectivity index (χ3n) is 7.40. The van der Waals surface area contributed by atoms with Crippen molar-refractivity contribution in [3.63, 3.8) is 0 Å². The van der Waals surface area contributed by atoms with Crippen molar-refractivity contribution in [3.05, 3.63) is 88.0 Å². The molecule has 1 heterocycles. The molecule has 7 heteroatoms. The summed E-state index contributed by atoms with van der Waals surface area (Å²) >= 11 is 0. The maximum Gasteiger partial charge on any atom is 0.309 e. The molecule has 1 atom stereocenters. The van der Waals surface area contributed by atoms with Crippen molar-refractivity contribution in [2.24, 2.45) is 13.0 Å². The van der Waals surface area contributed by atoms with Crippen molar-refractivity contribution in [2.75, 3.05) is 7.11 Å². The van der Waals surface area contributed by atoms with Crippen LogP contribution in [0.5, 0.6) is 5.75 Å². The molecule has 0 aliphatic heterocycles. The van der Waals surface area contributed by atoms with E-state index in [2.05, 4.69) is 29.4 Å². The van der Waals surface area contributed by atoms with Crippen LogP contribution in [-0.2, 0) is 34.5 Å². The summed E-state index contributed by atoms with van der Waals surface area (Å²) in [6.45, 7) is 5.04. The number of hydrogen-bond donors (Lipinski definition) is 0. The Labute approximate surface area is 217 Å². The van der Waals surface area contributed by atoms with E-state index in [0.717, 1.165) is 69.4 Å². The third-order valence-corrected chi connectivity index (χ3v) is 7.40. The van der Waals surface area contributed by atoms with E-state index in [9.17, 15) is 4.79 Å². The first-order chi connectivity index (χ1) is 17.9. The van der Waals surface area contributed by atoms with Gasteiger partial charge in [0.05, 0.1) is 31.8 Å². The van der Waals surface area contributed by atoms with Crippen LogP contribution in [0.2, 0.25) is 0 Å². The zero-order valence-electron chi connectivity index (χ0n) is 21.9. The van der Waals surface area contributed by atoms with Gasteiger partial charge in [-0.3, -0.25) is 4.79 Å². The Balaban J connectivity index is 1.42. The molecule has 1 aliphatic carbocycles. The highest BCUT2D eigenvalue weighted by molar-refractivity contribution is 5.80. The summed E-state index contributed by atoms with van der Waals surface area (Å²) in [4.78, 5) is 13.0. The highest BCUT2D eigenvalue weighted by Crippen LogP contribution is 2.36. The van der Waals surface area contributed by atoms with Crippen LogP contribution in [0.25, 0.3) is 11.0 Å². The van der Waals surface area contributed by atoms with Gasteiger partial charge in [0.25, 0.3) is 0 Å². The molecular formula is C30H33N3O4. The van der Waals surface area contributed by atoms with Crippen molar-refractivity contribution in [2.45, 2.75) is 52.4 Å². The molecule has 4 aromatic rings. The second-order valence-corrected chi connectivity index (χ2v) is 9.83. The van der Waals surface area contributed by atoms with E-state index in [4.69, 9.17) is 14.2 Å². The number of carbonyl (C=O) groups is 1. The second kappa shape index (κ2) is 10.7. The lowest BCUT2D eigenvalue weighted by Gasteiger charge is -2.28. The molecule has 1 saturated carbocycles. The standard InChI is InChI=1S/C30H33N3O4/c1-19-8-11-23(16-24(19)18-36-17-21-9-12-25(35-4)13-10-21)29(37-30(34)22-6-5-7-22)26-14-15-27-28(20(26)2)31-32-33(27)3/h8-16,22,29H,5-7,17-18H2,1-4H3. The molecule has 0 radical (unpaired) electrons. The van der Waals surface area contributed by atoms with Crippen molar-refractivity contribution in [1.82, 2.24) is 15.0 Å². The van der Waals surface area contributed by atoms with Gasteiger partial charge in [0.15, 0.2) is 6.10 Å². The summed E-state index contributed by atoms with van der Waals surface area (Å²) < 4.78 is 19.3. The quantitative estimate of drug-likeness (QED) is 0.273. The van der Waals surface area contributed by atoms with Gasteiger partial charge in [-0.05, 0) is 78.8 Å². The number of benzene rings is 3. The number of hydrogen-bond acceptors (Lipinski definition) is 6. The van der Waals surface area contributed by atoms with E-state index >= 15 is 0 Å². The van der Waals surface area contributed by atoms with Gasteiger partial charge in [-0.15, -0.1) is 5.10 Å². The summed E-state index contributed by atoms with van der Waals surface area (Å²) in [7, 11) is 3.53. The first-order valence-corrected chi connectivity index (χ1v) is 12.7. The summed E-state index contributed by atoms with van der Waals surface area (Å²) in [6.07, 6.45) is 2.34. The van der Waals surface area contributed by atoms with Gasteiger partial charge in [-0.2, -0.15) is 0 Å². The minimum Gasteiger partial charge on any atom is -0.497 e. The van der Waals surface area contributed by atoms with Gasteiger partial charge in [-0.25, -0.2) is 4.68 Å². The summed E-state index contributed by atoms with van der Waals surface area (Å²) in [5.74, 6) is 0.679. The Morgan fingerprint density at radius 1 is 1.05 bits per heavy atom. The lowest BCUT2D eigenvalue weighted by atomic mass is 9.85. The van der Waals surface area contributed by atoms with Gasteiger partial charge < -0.3 is 14.2 Å². The van der Waals surface area contributed by atoms with Crippen molar-refractivity contribution >= 4 is 17.0 Å². The fraction of sp³-hybridized carbons (Fsp3) is 0.367. The molecule has 3 aromatic carbocycles. The normalized spacial score (nSPS) is 14.4. The van der Waals surface area contributed by atoms with Crippen LogP contribution < -0.4 is 4.74 Å². The fourth-order valence-corrected chi connectivity index (χ4v) is 4.71. The molecule has 0 amide bonds. The first kappa shape index (κ1) is 25.0. The number of aryl methyl sites for hydroxylation is 3. The van der Waals surface area contributed by atoms with Crippen molar-refractivity contribution in [3.8, 4) is 5.75 Å². The van der Waals surface area contributed by atoms with Crippen LogP contribution in [0.3, 0.4) is 0 Å². The van der Waals surface area contributed by atoms with Crippen LogP contribution in [0.15, 0.2) is 54.6 Å². The van der Waals surface area contributed by atoms with Crippen molar-refractivity contribution in [1.29, 1.82) is 0 Å². The molecule has 0 N–H and O–H groups in total. The highest BCUT2D eigenvalue weighted by Gasteiger charge is 2.31. The van der Waals surface area contributed by atoms with Crippen LogP contribution in [0.1, 0.15) is 58.7 Å². The van der Waals surface area contributed by atoms with Gasteiger partial charge in [0, 0.05) is 12.6 Å². The molecule has 0 bridgehead atoms. The van der Waals surface area contributed by atoms with Gasteiger partial charge in [0.2, 0.25) is 0 Å². The number of nitrogens with zero attached hydrogens (tertiary/aromatic N) is 3. The molecule has 1 aliphatic rings. The number of aromatic nitrogens is 3. The zero-order valence-corrected chi connectivity index (χ0v) is 21.9. The van der Waals surface area contributed by atoms with Crippen LogP contribution in [0, 0.1) is 19.8 Å². The topological polar surface area (TPSA) is 75.5 Å². The Bertz CT molecular complexity index is 1410. The number of methoxy groups -OCH3 is 1. The summed E-state index contributed by atoms with van der Waals surface area (Å²) in [5.41, 5.74) is 7.85. The average molecular weight is 500 g/mol. The minimum absolute atomic E-state index is 0.0131. The minimum atomic E-state index is -0.527. The van der Waals surface area contributed by atoms with E-state index in [-0.39, 0.29) is 11.9 Å². The third kappa shape index (κ3) is 5.23. The maximum absolute atomic E-state index is 13.0. The van der Waals surface area contributed by atoms with Gasteiger partial charge in [-0.1, -0.05) is 42.0 Å². The van der Waals surface area contributed by atoms with E-state index < -0.39 is 6.10 Å². The van der Waals surface area contributed by atoms with Crippen LogP contribution >= 0.6 is 0 Å². The van der Waals surface area contributed by atoms with Gasteiger partial charge in [0.1, 0.15) is 11.3 Å². The molecule has 0 spiro atoms. The second-order valence-electron chi connectivity index (χ2n) is 9.83. The molecule has 0 saturated heterocycles. The number of ether oxygens (including phenoxy) is 3. The number of fused-ring (bicyclic) bond motifs is 1. The predicted octanol–water partition coefficient (Wildman–Crippen LogP) is 5.74. The van der Waals surface area contributed by atoms with E-state index in [1.54, 1.807) is 11.8 Å². The van der Waals surface area contributed by atoms with E-state index in [1.165, 1.54) is 0 Å². The number of esters is 1. The molecule has 192 valence electrons. The monoisotopic (exact) mass is 499 g/mol. The SMILES string of the molecule is COc1ccc(COCc2cc(C(OC(=O)C3CCC3)c3ccc4c(nnn4C)c3C)ccc2C)cc1. The molecule has 1 unspecified atom stereocenters. The molecular weight excluding hydrogens is 466 g/mol. The largest absolute Gasteiger partial charge is 0.497 e. The Morgan fingerprint density at radius 3 is 2.54 bits per heavy atom. The summed E-state index contributed by atoms with van der Waals surface area (Å²) in [5, 5.41) is 8.52. The van der Waals surface area contributed by atoms with Gasteiger partial charge >= 0.3 is 5.97 Å². The lowest BCUT2D eigenvalue weighted by Crippen LogP contribution is -2.26. The van der Waals surface area contributed by atoms with Crippen LogP contribution in [0.4, 0.5) is 0 Å². The molecule has 1 fully saturated rings. The van der Waals surface area contributed by atoms with E-state index in [0.29, 0.717) is 13.2 Å². The molecule has 37 heavy (non-hydrogen) atoms. The Kier molecular flexibility index (Phi) is 7.24. The zero-order chi connectivity index (χ0) is 25.9. The highest BCUT2D eigenvalue weighted by atomic mass is 16.5. The lowest BCUT2D eigenvalue weighted by molar-refractivity contribution is -0.155. The Morgan fingerprint density at radius 2 is 1.84 bits per heavy atom. The van der Waals surface area contributed by atoms with Crippen LogP contribution in [-0.4, -0.2) is 28.1 Å². The fourth-order valence-electron chi connectivity index (χ4n) is 4.71. The average Bonchev–Trinajstić information content (AvgIpc) is 3.25. The van der Waals surface area contributed by atoms with Crippen molar-refractivity contribution < 1.29 is 19.0 Å². The molecule has 1 aromatic heterocycles. The number of rotatable bonds is 9. The number of carbonyl (C=O) groups excluding carboxylic acids is 1. The Hall–Kier alpha value is -3.71. The molecule has 7 nitrogen and oxygen atoms in total.